The van der Waals surface area contributed by atoms with Crippen molar-refractivity contribution >= 4 is 27.4 Å². The minimum Gasteiger partial charge on any atom is -0.454 e. The Morgan fingerprint density at radius 1 is 1.14 bits per heavy atom. The molecule has 4 heteroatoms. The van der Waals surface area contributed by atoms with E-state index in [2.05, 4.69) is 0 Å². The Morgan fingerprint density at radius 3 is 2.43 bits per heavy atom. The molecule has 0 saturated carbocycles. The van der Waals surface area contributed by atoms with Gasteiger partial charge in [0.25, 0.3) is 0 Å². The Bertz CT molecular complexity index is 901. The number of rotatable bonds is 2. The lowest BCUT2D eigenvalue weighted by molar-refractivity contribution is 0.101. The fourth-order valence-electron chi connectivity index (χ4n) is 2.50. The van der Waals surface area contributed by atoms with Crippen LogP contribution < -0.4 is 5.43 Å². The highest BCUT2D eigenvalue weighted by Crippen LogP contribution is 2.33. The largest absolute Gasteiger partial charge is 0.454 e. The first-order chi connectivity index (χ1) is 10.0. The maximum absolute atomic E-state index is 12.5. The summed E-state index contributed by atoms with van der Waals surface area (Å²) >= 11 is 1.32. The van der Waals surface area contributed by atoms with Crippen LogP contribution in [0.2, 0.25) is 0 Å². The highest BCUT2D eigenvalue weighted by Gasteiger charge is 2.21. The summed E-state index contributed by atoms with van der Waals surface area (Å²) in [5, 5.41) is 0. The molecular formula is C17H14O3S. The minimum atomic E-state index is -0.0789. The smallest absolute Gasteiger partial charge is 0.206 e. The summed E-state index contributed by atoms with van der Waals surface area (Å²) in [6.07, 6.45) is 0. The maximum atomic E-state index is 12.5. The summed E-state index contributed by atoms with van der Waals surface area (Å²) in [6.45, 7) is 5.10. The number of ketones is 1. The predicted molar refractivity (Wildman–Crippen MR) is 85.3 cm³/mol. The van der Waals surface area contributed by atoms with Crippen molar-refractivity contribution in [1.29, 1.82) is 0 Å². The van der Waals surface area contributed by atoms with E-state index in [9.17, 15) is 9.59 Å². The van der Waals surface area contributed by atoms with Gasteiger partial charge in [-0.1, -0.05) is 30.3 Å². The number of Topliss-reactive ketones (excluding diaryl/α,β-unsaturated/α-hetero) is 1. The Labute approximate surface area is 125 Å². The maximum Gasteiger partial charge on any atom is 0.206 e. The molecule has 2 aromatic heterocycles. The fourth-order valence-corrected chi connectivity index (χ4v) is 3.62. The van der Waals surface area contributed by atoms with Crippen LogP contribution in [0.5, 0.6) is 0 Å². The van der Waals surface area contributed by atoms with Crippen molar-refractivity contribution in [2.75, 3.05) is 0 Å². The fraction of sp³-hybridized carbons (Fsp3) is 0.176. The van der Waals surface area contributed by atoms with Crippen molar-refractivity contribution in [3.63, 3.8) is 0 Å². The first kappa shape index (κ1) is 13.8. The van der Waals surface area contributed by atoms with Gasteiger partial charge in [0.2, 0.25) is 5.43 Å². The molecule has 0 spiro atoms. The lowest BCUT2D eigenvalue weighted by Crippen LogP contribution is -2.06. The van der Waals surface area contributed by atoms with Crippen molar-refractivity contribution in [2.45, 2.75) is 20.8 Å². The quantitative estimate of drug-likeness (QED) is 0.661. The second kappa shape index (κ2) is 4.97. The van der Waals surface area contributed by atoms with Crippen LogP contribution in [0.3, 0.4) is 0 Å². The zero-order valence-electron chi connectivity index (χ0n) is 12.0. The number of hydrogen-bond acceptors (Lipinski definition) is 4. The molecule has 106 valence electrons. The molecule has 0 radical (unpaired) electrons. The third-order valence-electron chi connectivity index (χ3n) is 3.52. The van der Waals surface area contributed by atoms with Gasteiger partial charge in [-0.15, -0.1) is 11.3 Å². The molecule has 0 aliphatic rings. The molecule has 3 aromatic rings. The van der Waals surface area contributed by atoms with Crippen LogP contribution in [-0.2, 0) is 0 Å². The lowest BCUT2D eigenvalue weighted by atomic mass is 10.1. The van der Waals surface area contributed by atoms with Gasteiger partial charge in [-0.05, 0) is 20.8 Å². The van der Waals surface area contributed by atoms with Gasteiger partial charge in [0, 0.05) is 16.0 Å². The summed E-state index contributed by atoms with van der Waals surface area (Å²) < 4.78 is 6.49. The van der Waals surface area contributed by atoms with E-state index in [1.807, 2.05) is 37.3 Å². The Hall–Kier alpha value is -2.20. The van der Waals surface area contributed by atoms with Gasteiger partial charge in [-0.2, -0.15) is 0 Å². The molecule has 0 unspecified atom stereocenters. The molecule has 0 atom stereocenters. The zero-order valence-corrected chi connectivity index (χ0v) is 12.8. The molecule has 0 N–H and O–H groups in total. The predicted octanol–water partition coefficient (Wildman–Crippen LogP) is 4.34. The average molecular weight is 298 g/mol. The van der Waals surface area contributed by atoms with Crippen LogP contribution in [0.4, 0.5) is 0 Å². The number of thiophene rings is 1. The highest BCUT2D eigenvalue weighted by molar-refractivity contribution is 7.19. The van der Waals surface area contributed by atoms with Crippen molar-refractivity contribution in [1.82, 2.24) is 0 Å². The molecule has 2 heterocycles. The van der Waals surface area contributed by atoms with Crippen molar-refractivity contribution in [3.8, 4) is 11.3 Å². The van der Waals surface area contributed by atoms with Gasteiger partial charge in [0.1, 0.15) is 10.5 Å². The molecule has 0 aliphatic heterocycles. The van der Waals surface area contributed by atoms with Gasteiger partial charge in [-0.25, -0.2) is 0 Å². The SMILES string of the molecule is CC(=O)c1c(C)sc2c(=O)c(C)c(-c3ccccc3)oc12. The molecule has 0 saturated heterocycles. The van der Waals surface area contributed by atoms with E-state index in [1.54, 1.807) is 6.92 Å². The monoisotopic (exact) mass is 298 g/mol. The number of fused-ring (bicyclic) bond motifs is 1. The third kappa shape index (κ3) is 2.12. The first-order valence-corrected chi connectivity index (χ1v) is 7.45. The molecule has 3 rings (SSSR count). The molecule has 1 aromatic carbocycles. The van der Waals surface area contributed by atoms with E-state index in [-0.39, 0.29) is 11.2 Å². The molecular weight excluding hydrogens is 284 g/mol. The van der Waals surface area contributed by atoms with Crippen molar-refractivity contribution < 1.29 is 9.21 Å². The molecule has 3 nitrogen and oxygen atoms in total. The van der Waals surface area contributed by atoms with Gasteiger partial charge < -0.3 is 4.42 Å². The van der Waals surface area contributed by atoms with Crippen molar-refractivity contribution in [3.05, 3.63) is 56.6 Å². The number of carbonyl (C=O) groups is 1. The third-order valence-corrected chi connectivity index (χ3v) is 4.61. The Balaban J connectivity index is 2.43. The van der Waals surface area contributed by atoms with Crippen LogP contribution in [0.25, 0.3) is 21.6 Å². The van der Waals surface area contributed by atoms with Gasteiger partial charge in [-0.3, -0.25) is 9.59 Å². The summed E-state index contributed by atoms with van der Waals surface area (Å²) in [5.74, 6) is 0.457. The molecule has 0 amide bonds. The normalized spacial score (nSPS) is 11.0. The van der Waals surface area contributed by atoms with E-state index in [4.69, 9.17) is 4.42 Å². The second-order valence-corrected chi connectivity index (χ2v) is 6.22. The van der Waals surface area contributed by atoms with E-state index < -0.39 is 0 Å². The van der Waals surface area contributed by atoms with E-state index in [0.29, 0.717) is 27.2 Å². The molecule has 0 fully saturated rings. The number of hydrogen-bond donors (Lipinski definition) is 0. The summed E-state index contributed by atoms with van der Waals surface area (Å²) in [7, 11) is 0. The van der Waals surface area contributed by atoms with Crippen LogP contribution in [-0.4, -0.2) is 5.78 Å². The molecule has 0 aliphatic carbocycles. The minimum absolute atomic E-state index is 0.0595. The van der Waals surface area contributed by atoms with Gasteiger partial charge in [0.05, 0.1) is 5.56 Å². The number of carbonyl (C=O) groups excluding carboxylic acids is 1. The Morgan fingerprint density at radius 2 is 1.81 bits per heavy atom. The standard InChI is InChI=1S/C17H14O3S/c1-9-14(19)17-16(13(10(2)18)11(3)21-17)20-15(9)12-7-5-4-6-8-12/h4-8H,1-3H3. The first-order valence-electron chi connectivity index (χ1n) is 6.64. The summed E-state index contributed by atoms with van der Waals surface area (Å²) in [5.41, 5.74) is 2.29. The molecule has 21 heavy (non-hydrogen) atoms. The van der Waals surface area contributed by atoms with Crippen LogP contribution in [0, 0.1) is 13.8 Å². The number of benzene rings is 1. The summed E-state index contributed by atoms with van der Waals surface area (Å²) in [6, 6.07) is 9.48. The molecule has 0 bridgehead atoms. The average Bonchev–Trinajstić information content (AvgIpc) is 2.80. The summed E-state index contributed by atoms with van der Waals surface area (Å²) in [4.78, 5) is 25.2. The van der Waals surface area contributed by atoms with E-state index in [1.165, 1.54) is 18.3 Å². The van der Waals surface area contributed by atoms with Crippen molar-refractivity contribution in [2.24, 2.45) is 0 Å². The van der Waals surface area contributed by atoms with Gasteiger partial charge >= 0.3 is 0 Å². The topological polar surface area (TPSA) is 47.3 Å². The second-order valence-electron chi connectivity index (χ2n) is 5.00. The van der Waals surface area contributed by atoms with E-state index >= 15 is 0 Å². The lowest BCUT2D eigenvalue weighted by Gasteiger charge is -2.05. The Kier molecular flexibility index (Phi) is 3.26. The van der Waals surface area contributed by atoms with Crippen LogP contribution >= 0.6 is 11.3 Å². The highest BCUT2D eigenvalue weighted by atomic mass is 32.1. The van der Waals surface area contributed by atoms with Crippen LogP contribution in [0.15, 0.2) is 39.5 Å². The van der Waals surface area contributed by atoms with E-state index in [0.717, 1.165) is 10.4 Å². The zero-order chi connectivity index (χ0) is 15.1. The van der Waals surface area contributed by atoms with Gasteiger partial charge in [0.15, 0.2) is 11.4 Å². The van der Waals surface area contributed by atoms with Crippen LogP contribution in [0.1, 0.15) is 27.7 Å². The number of aryl methyl sites for hydroxylation is 1.